The van der Waals surface area contributed by atoms with Crippen molar-refractivity contribution in [3.8, 4) is 0 Å². The van der Waals surface area contributed by atoms with Gasteiger partial charge in [-0.25, -0.2) is 0 Å². The van der Waals surface area contributed by atoms with Crippen LogP contribution in [0.4, 0.5) is 11.4 Å². The van der Waals surface area contributed by atoms with Crippen LogP contribution in [-0.2, 0) is 16.0 Å². The van der Waals surface area contributed by atoms with E-state index in [-0.39, 0.29) is 36.3 Å². The van der Waals surface area contributed by atoms with Crippen LogP contribution < -0.4 is 26.2 Å². The number of rotatable bonds is 15. The average Bonchev–Trinajstić information content (AvgIpc) is 3.48. The molecule has 2 aliphatic rings. The minimum absolute atomic E-state index is 0.0566. The van der Waals surface area contributed by atoms with Gasteiger partial charge >= 0.3 is 0 Å². The molecule has 1 saturated heterocycles. The van der Waals surface area contributed by atoms with Gasteiger partial charge in [0.1, 0.15) is 0 Å². The molecule has 0 unspecified atom stereocenters. The maximum atomic E-state index is 13.8. The topological polar surface area (TPSA) is 123 Å². The van der Waals surface area contributed by atoms with Crippen LogP contribution in [-0.4, -0.2) is 66.2 Å². The second-order valence-electron chi connectivity index (χ2n) is 12.4. The quantitative estimate of drug-likeness (QED) is 0.203. The molecule has 2 aromatic rings. The predicted octanol–water partition coefficient (Wildman–Crippen LogP) is 4.54. The predicted molar refractivity (Wildman–Crippen MR) is 176 cm³/mol. The van der Waals surface area contributed by atoms with Gasteiger partial charge < -0.3 is 31.3 Å². The fourth-order valence-corrected chi connectivity index (χ4v) is 6.14. The summed E-state index contributed by atoms with van der Waals surface area (Å²) in [6, 6.07) is 14.6. The standard InChI is InChI=1S/C35H51N5O4/c1-4-27(5-2)37-29-20-26(21-30(22-29)40-18-12-17-33(40)42)35(44)39-31(19-25-13-8-6-9-14-25)32(41)23-36-24(3)34(43)38-28-15-10-7-11-16-28/h6,8-9,13-14,20-22,24,27-28,31-32,36-37,41H,4-5,7,10-12,15-19,23H2,1-3H3,(H,38,43)(H,39,44)/t24-,31-,32-/m0/s1. The molecule has 1 aliphatic carbocycles. The number of anilines is 2. The second-order valence-corrected chi connectivity index (χ2v) is 12.4. The maximum absolute atomic E-state index is 13.8. The first kappa shape index (κ1) is 33.5. The molecule has 1 heterocycles. The van der Waals surface area contributed by atoms with Crippen molar-refractivity contribution < 1.29 is 19.5 Å². The Hall–Kier alpha value is -3.43. The summed E-state index contributed by atoms with van der Waals surface area (Å²) >= 11 is 0. The molecule has 0 aromatic heterocycles. The molecule has 1 aliphatic heterocycles. The van der Waals surface area contributed by atoms with E-state index in [9.17, 15) is 19.5 Å². The molecule has 2 fully saturated rings. The highest BCUT2D eigenvalue weighted by Crippen LogP contribution is 2.28. The molecule has 0 spiro atoms. The minimum atomic E-state index is -0.949. The molecule has 9 heteroatoms. The van der Waals surface area contributed by atoms with E-state index >= 15 is 0 Å². The van der Waals surface area contributed by atoms with Crippen molar-refractivity contribution in [3.63, 3.8) is 0 Å². The van der Waals surface area contributed by atoms with Crippen LogP contribution in [0.1, 0.15) is 94.5 Å². The number of hydrogen-bond acceptors (Lipinski definition) is 6. The third kappa shape index (κ3) is 9.53. The lowest BCUT2D eigenvalue weighted by Crippen LogP contribution is -2.53. The van der Waals surface area contributed by atoms with E-state index in [0.29, 0.717) is 30.6 Å². The summed E-state index contributed by atoms with van der Waals surface area (Å²) in [4.78, 5) is 40.9. The number of benzene rings is 2. The Morgan fingerprint density at radius 2 is 1.73 bits per heavy atom. The lowest BCUT2D eigenvalue weighted by molar-refractivity contribution is -0.123. The monoisotopic (exact) mass is 605 g/mol. The van der Waals surface area contributed by atoms with E-state index < -0.39 is 18.2 Å². The summed E-state index contributed by atoms with van der Waals surface area (Å²) in [6.45, 7) is 6.80. The molecule has 240 valence electrons. The summed E-state index contributed by atoms with van der Waals surface area (Å²) < 4.78 is 0. The SMILES string of the molecule is CCC(CC)Nc1cc(C(=O)N[C@@H](Cc2ccccc2)[C@@H](O)CN[C@@H](C)C(=O)NC2CCCCC2)cc(N2CCCC2=O)c1. The van der Waals surface area contributed by atoms with Crippen LogP contribution >= 0.6 is 0 Å². The highest BCUT2D eigenvalue weighted by Gasteiger charge is 2.27. The Morgan fingerprint density at radius 1 is 1.00 bits per heavy atom. The summed E-state index contributed by atoms with van der Waals surface area (Å²) in [7, 11) is 0. The van der Waals surface area contributed by atoms with Crippen molar-refractivity contribution in [1.29, 1.82) is 0 Å². The van der Waals surface area contributed by atoms with Crippen molar-refractivity contribution in [2.45, 2.75) is 115 Å². The molecular weight excluding hydrogens is 554 g/mol. The highest BCUT2D eigenvalue weighted by atomic mass is 16.3. The largest absolute Gasteiger partial charge is 0.390 e. The van der Waals surface area contributed by atoms with E-state index in [4.69, 9.17) is 0 Å². The third-order valence-electron chi connectivity index (χ3n) is 8.98. The van der Waals surface area contributed by atoms with Crippen LogP contribution in [0.3, 0.4) is 0 Å². The van der Waals surface area contributed by atoms with Gasteiger partial charge in [-0.2, -0.15) is 0 Å². The summed E-state index contributed by atoms with van der Waals surface area (Å²) in [5, 5.41) is 24.3. The number of aliphatic hydroxyl groups is 1. The molecule has 3 amide bonds. The second kappa shape index (κ2) is 16.6. The molecule has 44 heavy (non-hydrogen) atoms. The summed E-state index contributed by atoms with van der Waals surface area (Å²) in [6.07, 6.45) is 8.13. The van der Waals surface area contributed by atoms with Gasteiger partial charge in [0.15, 0.2) is 0 Å². The van der Waals surface area contributed by atoms with Gasteiger partial charge in [0, 0.05) is 48.5 Å². The zero-order valence-electron chi connectivity index (χ0n) is 26.6. The molecular formula is C35H51N5O4. The number of carbonyl (C=O) groups excluding carboxylic acids is 3. The Bertz CT molecular complexity index is 1230. The lowest BCUT2D eigenvalue weighted by Gasteiger charge is -2.28. The molecule has 1 saturated carbocycles. The van der Waals surface area contributed by atoms with Crippen molar-refractivity contribution in [2.75, 3.05) is 23.3 Å². The summed E-state index contributed by atoms with van der Waals surface area (Å²) in [5.41, 5.74) is 2.90. The van der Waals surface area contributed by atoms with Crippen molar-refractivity contribution in [1.82, 2.24) is 16.0 Å². The van der Waals surface area contributed by atoms with Crippen molar-refractivity contribution in [2.24, 2.45) is 0 Å². The van der Waals surface area contributed by atoms with Gasteiger partial charge in [-0.1, -0.05) is 63.4 Å². The third-order valence-corrected chi connectivity index (χ3v) is 8.98. The first-order valence-electron chi connectivity index (χ1n) is 16.6. The zero-order valence-corrected chi connectivity index (χ0v) is 26.6. The van der Waals surface area contributed by atoms with Gasteiger partial charge in [-0.15, -0.1) is 0 Å². The number of nitrogens with one attached hydrogen (secondary N) is 4. The molecule has 5 N–H and O–H groups in total. The van der Waals surface area contributed by atoms with Crippen LogP contribution in [0, 0.1) is 0 Å². The van der Waals surface area contributed by atoms with E-state index in [1.54, 1.807) is 17.9 Å². The van der Waals surface area contributed by atoms with Gasteiger partial charge in [0.05, 0.1) is 18.2 Å². The van der Waals surface area contributed by atoms with Crippen LogP contribution in [0.5, 0.6) is 0 Å². The molecule has 3 atom stereocenters. The Labute approximate surface area is 262 Å². The first-order valence-corrected chi connectivity index (χ1v) is 16.6. The smallest absolute Gasteiger partial charge is 0.251 e. The number of nitrogens with zero attached hydrogens (tertiary/aromatic N) is 1. The number of hydrogen-bond donors (Lipinski definition) is 5. The Morgan fingerprint density at radius 3 is 2.39 bits per heavy atom. The maximum Gasteiger partial charge on any atom is 0.251 e. The fraction of sp³-hybridized carbons (Fsp3) is 0.571. The minimum Gasteiger partial charge on any atom is -0.390 e. The molecule has 9 nitrogen and oxygen atoms in total. The van der Waals surface area contributed by atoms with Gasteiger partial charge in [-0.05, 0) is 69.2 Å². The van der Waals surface area contributed by atoms with E-state index in [1.165, 1.54) is 6.42 Å². The average molecular weight is 606 g/mol. The molecule has 0 bridgehead atoms. The molecule has 4 rings (SSSR count). The first-order chi connectivity index (χ1) is 21.3. The van der Waals surface area contributed by atoms with Crippen LogP contribution in [0.2, 0.25) is 0 Å². The van der Waals surface area contributed by atoms with Crippen LogP contribution in [0.15, 0.2) is 48.5 Å². The van der Waals surface area contributed by atoms with Crippen molar-refractivity contribution in [3.05, 3.63) is 59.7 Å². The van der Waals surface area contributed by atoms with Gasteiger partial charge in [0.25, 0.3) is 5.91 Å². The number of aliphatic hydroxyl groups excluding tert-OH is 1. The van der Waals surface area contributed by atoms with Gasteiger partial charge in [-0.3, -0.25) is 14.4 Å². The Balaban J connectivity index is 1.49. The van der Waals surface area contributed by atoms with E-state index in [1.807, 2.05) is 42.5 Å². The normalized spacial score (nSPS) is 17.8. The van der Waals surface area contributed by atoms with Gasteiger partial charge in [0.2, 0.25) is 11.8 Å². The fourth-order valence-electron chi connectivity index (χ4n) is 6.14. The summed E-state index contributed by atoms with van der Waals surface area (Å²) in [5.74, 6) is -0.339. The van der Waals surface area contributed by atoms with Crippen LogP contribution in [0.25, 0.3) is 0 Å². The number of carbonyl (C=O) groups is 3. The Kier molecular flexibility index (Phi) is 12.6. The highest BCUT2D eigenvalue weighted by molar-refractivity contribution is 6.00. The van der Waals surface area contributed by atoms with E-state index in [2.05, 4.69) is 35.1 Å². The van der Waals surface area contributed by atoms with Crippen molar-refractivity contribution >= 4 is 29.1 Å². The molecule has 0 radical (unpaired) electrons. The number of amides is 3. The molecule has 2 aromatic carbocycles. The van der Waals surface area contributed by atoms with E-state index in [0.717, 1.165) is 56.2 Å². The lowest BCUT2D eigenvalue weighted by atomic mass is 9.95. The zero-order chi connectivity index (χ0) is 31.5.